The first-order chi connectivity index (χ1) is 13.3. The summed E-state index contributed by atoms with van der Waals surface area (Å²) in [6.45, 7) is 4.87. The van der Waals surface area contributed by atoms with Crippen LogP contribution in [-0.2, 0) is 24.2 Å². The smallest absolute Gasteiger partial charge is 0.230 e. The summed E-state index contributed by atoms with van der Waals surface area (Å²) in [7, 11) is 0. The van der Waals surface area contributed by atoms with Crippen LogP contribution in [0.15, 0.2) is 65.7 Å². The number of hydrogen-bond acceptors (Lipinski definition) is 5. The fourth-order valence-corrected chi connectivity index (χ4v) is 4.12. The van der Waals surface area contributed by atoms with Crippen molar-refractivity contribution >= 4 is 29.0 Å². The third-order valence-electron chi connectivity index (χ3n) is 3.95. The van der Waals surface area contributed by atoms with E-state index in [1.165, 1.54) is 22.2 Å². The van der Waals surface area contributed by atoms with E-state index in [4.69, 9.17) is 0 Å². The number of aryl methyl sites for hydroxylation is 1. The second kappa shape index (κ2) is 10.1. The van der Waals surface area contributed by atoms with E-state index in [0.29, 0.717) is 12.3 Å². The lowest BCUT2D eigenvalue weighted by molar-refractivity contribution is -0.118. The zero-order chi connectivity index (χ0) is 18.9. The lowest BCUT2D eigenvalue weighted by Crippen LogP contribution is -2.25. The summed E-state index contributed by atoms with van der Waals surface area (Å²) in [5.41, 5.74) is 1.27. The molecule has 0 aliphatic heterocycles. The molecule has 1 N–H and O–H groups in total. The standard InChI is InChI=1S/C20H22N4OS2/c1-2-11-21-19(25)15-27-20-23-22-18(14-17-9-6-13-26-17)24(20)12-10-16-7-4-3-5-8-16/h2-9,13H,1,10-12,14-15H2,(H,21,25). The lowest BCUT2D eigenvalue weighted by Gasteiger charge is -2.10. The highest BCUT2D eigenvalue weighted by Crippen LogP contribution is 2.21. The van der Waals surface area contributed by atoms with Crippen molar-refractivity contribution in [2.75, 3.05) is 12.3 Å². The molecule has 3 aromatic rings. The molecule has 140 valence electrons. The molecule has 1 aromatic carbocycles. The van der Waals surface area contributed by atoms with Crippen molar-refractivity contribution in [3.8, 4) is 0 Å². The Hall–Kier alpha value is -2.38. The maximum atomic E-state index is 11.9. The summed E-state index contributed by atoms with van der Waals surface area (Å²) in [4.78, 5) is 13.1. The fourth-order valence-electron chi connectivity index (χ4n) is 2.60. The fraction of sp³-hybridized carbons (Fsp3) is 0.250. The number of thioether (sulfide) groups is 1. The first kappa shape index (κ1) is 19.4. The number of hydrogen-bond donors (Lipinski definition) is 1. The van der Waals surface area contributed by atoms with Crippen LogP contribution in [0.2, 0.25) is 0 Å². The van der Waals surface area contributed by atoms with Gasteiger partial charge in [0.1, 0.15) is 5.82 Å². The summed E-state index contributed by atoms with van der Waals surface area (Å²) in [5.74, 6) is 1.22. The molecule has 0 unspecified atom stereocenters. The van der Waals surface area contributed by atoms with Crippen molar-refractivity contribution in [2.24, 2.45) is 0 Å². The number of rotatable bonds is 10. The third-order valence-corrected chi connectivity index (χ3v) is 5.79. The average molecular weight is 399 g/mol. The molecular weight excluding hydrogens is 376 g/mol. The van der Waals surface area contributed by atoms with Crippen molar-refractivity contribution in [3.63, 3.8) is 0 Å². The highest BCUT2D eigenvalue weighted by atomic mass is 32.2. The first-order valence-corrected chi connectivity index (χ1v) is 10.6. The maximum absolute atomic E-state index is 11.9. The molecular formula is C20H22N4OS2. The van der Waals surface area contributed by atoms with Crippen LogP contribution in [0.5, 0.6) is 0 Å². The Bertz CT molecular complexity index is 860. The van der Waals surface area contributed by atoms with Gasteiger partial charge >= 0.3 is 0 Å². The molecule has 7 heteroatoms. The molecule has 2 heterocycles. The Balaban J connectivity index is 1.72. The Morgan fingerprint density at radius 2 is 2.07 bits per heavy atom. The van der Waals surface area contributed by atoms with Gasteiger partial charge in [-0.25, -0.2) is 0 Å². The van der Waals surface area contributed by atoms with E-state index in [2.05, 4.69) is 50.2 Å². The van der Waals surface area contributed by atoms with E-state index in [1.807, 2.05) is 24.3 Å². The minimum absolute atomic E-state index is 0.0303. The second-order valence-electron chi connectivity index (χ2n) is 5.92. The predicted molar refractivity (Wildman–Crippen MR) is 111 cm³/mol. The molecule has 0 bridgehead atoms. The highest BCUT2D eigenvalue weighted by Gasteiger charge is 2.15. The summed E-state index contributed by atoms with van der Waals surface area (Å²) >= 11 is 3.14. The zero-order valence-corrected chi connectivity index (χ0v) is 16.6. The van der Waals surface area contributed by atoms with E-state index < -0.39 is 0 Å². The molecule has 0 saturated carbocycles. The molecule has 0 aliphatic rings. The Morgan fingerprint density at radius 3 is 2.81 bits per heavy atom. The summed E-state index contributed by atoms with van der Waals surface area (Å²) < 4.78 is 2.14. The Morgan fingerprint density at radius 1 is 1.22 bits per heavy atom. The van der Waals surface area contributed by atoms with Gasteiger partial charge in [0.05, 0.1) is 5.75 Å². The molecule has 0 fully saturated rings. The van der Waals surface area contributed by atoms with Crippen LogP contribution in [-0.4, -0.2) is 33.0 Å². The lowest BCUT2D eigenvalue weighted by atomic mass is 10.1. The van der Waals surface area contributed by atoms with E-state index in [-0.39, 0.29) is 5.91 Å². The van der Waals surface area contributed by atoms with Crippen molar-refractivity contribution in [1.82, 2.24) is 20.1 Å². The molecule has 27 heavy (non-hydrogen) atoms. The van der Waals surface area contributed by atoms with Crippen molar-refractivity contribution in [3.05, 3.63) is 76.8 Å². The van der Waals surface area contributed by atoms with Crippen LogP contribution in [0.25, 0.3) is 0 Å². The van der Waals surface area contributed by atoms with Gasteiger partial charge in [-0.3, -0.25) is 4.79 Å². The van der Waals surface area contributed by atoms with Crippen LogP contribution in [0.4, 0.5) is 0 Å². The van der Waals surface area contributed by atoms with E-state index in [0.717, 1.165) is 30.4 Å². The molecule has 3 rings (SSSR count). The highest BCUT2D eigenvalue weighted by molar-refractivity contribution is 7.99. The first-order valence-electron chi connectivity index (χ1n) is 8.75. The summed E-state index contributed by atoms with van der Waals surface area (Å²) in [6, 6.07) is 14.5. The second-order valence-corrected chi connectivity index (χ2v) is 7.90. The normalized spacial score (nSPS) is 10.7. The van der Waals surface area contributed by atoms with Crippen molar-refractivity contribution in [1.29, 1.82) is 0 Å². The van der Waals surface area contributed by atoms with Crippen LogP contribution < -0.4 is 5.32 Å². The van der Waals surface area contributed by atoms with Crippen molar-refractivity contribution < 1.29 is 4.79 Å². The monoisotopic (exact) mass is 398 g/mol. The van der Waals surface area contributed by atoms with Gasteiger partial charge < -0.3 is 9.88 Å². The molecule has 0 spiro atoms. The SMILES string of the molecule is C=CCNC(=O)CSc1nnc(Cc2cccs2)n1CCc1ccccc1. The number of nitrogens with one attached hydrogen (secondary N) is 1. The molecule has 0 saturated heterocycles. The number of aromatic nitrogens is 3. The van der Waals surface area contributed by atoms with Crippen LogP contribution in [0.1, 0.15) is 16.3 Å². The Kier molecular flexibility index (Phi) is 7.24. The van der Waals surface area contributed by atoms with Crippen LogP contribution >= 0.6 is 23.1 Å². The summed E-state index contributed by atoms with van der Waals surface area (Å²) in [5, 5.41) is 14.4. The van der Waals surface area contributed by atoms with E-state index in [1.54, 1.807) is 17.4 Å². The number of carbonyl (C=O) groups excluding carboxylic acids is 1. The Labute approximate surface area is 167 Å². The largest absolute Gasteiger partial charge is 0.352 e. The van der Waals surface area contributed by atoms with E-state index >= 15 is 0 Å². The van der Waals surface area contributed by atoms with Gasteiger partial charge in [0.25, 0.3) is 0 Å². The molecule has 0 radical (unpaired) electrons. The minimum atomic E-state index is -0.0303. The number of thiophene rings is 1. The van der Waals surface area contributed by atoms with Gasteiger partial charge in [-0.05, 0) is 23.4 Å². The molecule has 0 atom stereocenters. The number of carbonyl (C=O) groups is 1. The molecule has 2 aromatic heterocycles. The van der Waals surface area contributed by atoms with Gasteiger partial charge in [0.15, 0.2) is 5.16 Å². The molecule has 0 aliphatic carbocycles. The van der Waals surface area contributed by atoms with Crippen LogP contribution in [0, 0.1) is 0 Å². The van der Waals surface area contributed by atoms with E-state index in [9.17, 15) is 4.79 Å². The minimum Gasteiger partial charge on any atom is -0.352 e. The average Bonchev–Trinajstić information content (AvgIpc) is 3.34. The summed E-state index contributed by atoms with van der Waals surface area (Å²) in [6.07, 6.45) is 3.32. The zero-order valence-electron chi connectivity index (χ0n) is 15.0. The van der Waals surface area contributed by atoms with Crippen molar-refractivity contribution in [2.45, 2.75) is 24.5 Å². The molecule has 1 amide bonds. The third kappa shape index (κ3) is 5.80. The molecule has 5 nitrogen and oxygen atoms in total. The van der Waals surface area contributed by atoms with Gasteiger partial charge in [0.2, 0.25) is 5.91 Å². The number of amides is 1. The quantitative estimate of drug-likeness (QED) is 0.419. The van der Waals surface area contributed by atoms with Gasteiger partial charge in [-0.15, -0.1) is 28.1 Å². The topological polar surface area (TPSA) is 59.8 Å². The van der Waals surface area contributed by atoms with Gasteiger partial charge in [0, 0.05) is 24.4 Å². The van der Waals surface area contributed by atoms with Crippen LogP contribution in [0.3, 0.4) is 0 Å². The maximum Gasteiger partial charge on any atom is 0.230 e. The van der Waals surface area contributed by atoms with Gasteiger partial charge in [-0.1, -0.05) is 54.2 Å². The number of nitrogens with zero attached hydrogens (tertiary/aromatic N) is 3. The van der Waals surface area contributed by atoms with Gasteiger partial charge in [-0.2, -0.15) is 0 Å². The predicted octanol–water partition coefficient (Wildman–Crippen LogP) is 3.57. The number of benzene rings is 1.